The van der Waals surface area contributed by atoms with Crippen LogP contribution >= 0.6 is 11.3 Å². The minimum absolute atomic E-state index is 0.317. The van der Waals surface area contributed by atoms with Gasteiger partial charge in [0.2, 0.25) is 10.0 Å². The summed E-state index contributed by atoms with van der Waals surface area (Å²) in [4.78, 5) is 8.99. The van der Waals surface area contributed by atoms with Crippen molar-refractivity contribution >= 4 is 27.3 Å². The van der Waals surface area contributed by atoms with Gasteiger partial charge in [0.1, 0.15) is 5.01 Å². The van der Waals surface area contributed by atoms with E-state index in [0.717, 1.165) is 23.5 Å². The van der Waals surface area contributed by atoms with E-state index in [-0.39, 0.29) is 0 Å². The van der Waals surface area contributed by atoms with Crippen molar-refractivity contribution in [2.45, 2.75) is 33.2 Å². The van der Waals surface area contributed by atoms with Crippen LogP contribution < -0.4 is 15.4 Å². The lowest BCUT2D eigenvalue weighted by molar-refractivity contribution is 0.586. The Labute approximate surface area is 136 Å². The molecule has 0 unspecified atom stereocenters. The lowest BCUT2D eigenvalue weighted by Gasteiger charge is -2.10. The van der Waals surface area contributed by atoms with Gasteiger partial charge in [-0.3, -0.25) is 0 Å². The maximum absolute atomic E-state index is 11.0. The predicted molar refractivity (Wildman–Crippen MR) is 91.9 cm³/mol. The molecular formula is C13H25N5O2S2. The third-order valence-corrected chi connectivity index (χ3v) is 4.24. The Balaban J connectivity index is 2.50. The van der Waals surface area contributed by atoms with Gasteiger partial charge in [0.15, 0.2) is 5.96 Å². The number of thiazole rings is 1. The standard InChI is InChI=1S/C13H25N5O2S2/c1-5-14-13(15-6-7-17-22(4,19)20)16-8-12-18-11(9-21-12)10(2)3/h9-10,17H,5-8H2,1-4H3,(H2,14,15,16). The summed E-state index contributed by atoms with van der Waals surface area (Å²) in [6.07, 6.45) is 1.14. The molecule has 126 valence electrons. The summed E-state index contributed by atoms with van der Waals surface area (Å²) in [6, 6.07) is 0. The van der Waals surface area contributed by atoms with Crippen LogP contribution in [0.15, 0.2) is 10.4 Å². The molecular weight excluding hydrogens is 322 g/mol. The number of sulfonamides is 1. The zero-order valence-electron chi connectivity index (χ0n) is 13.5. The SMILES string of the molecule is CCNC(=NCc1nc(C(C)C)cs1)NCCNS(C)(=O)=O. The normalized spacial score (nSPS) is 12.7. The average Bonchev–Trinajstić information content (AvgIpc) is 2.88. The Morgan fingerprint density at radius 2 is 2.09 bits per heavy atom. The van der Waals surface area contributed by atoms with E-state index >= 15 is 0 Å². The Morgan fingerprint density at radius 3 is 2.64 bits per heavy atom. The first-order chi connectivity index (χ1) is 10.3. The highest BCUT2D eigenvalue weighted by atomic mass is 32.2. The molecule has 0 saturated carbocycles. The van der Waals surface area contributed by atoms with Crippen LogP contribution in [0, 0.1) is 0 Å². The molecule has 1 rings (SSSR count). The van der Waals surface area contributed by atoms with E-state index < -0.39 is 10.0 Å². The minimum atomic E-state index is -3.15. The third kappa shape index (κ3) is 7.71. The molecule has 0 radical (unpaired) electrons. The van der Waals surface area contributed by atoms with E-state index in [1.54, 1.807) is 11.3 Å². The van der Waals surface area contributed by atoms with Gasteiger partial charge in [-0.2, -0.15) is 0 Å². The molecule has 0 amide bonds. The summed E-state index contributed by atoms with van der Waals surface area (Å²) < 4.78 is 24.4. The molecule has 1 heterocycles. The van der Waals surface area contributed by atoms with Crippen LogP contribution in [-0.2, 0) is 16.6 Å². The molecule has 0 fully saturated rings. The van der Waals surface area contributed by atoms with E-state index in [1.165, 1.54) is 0 Å². The van der Waals surface area contributed by atoms with Crippen molar-refractivity contribution in [3.8, 4) is 0 Å². The van der Waals surface area contributed by atoms with Crippen LogP contribution in [0.3, 0.4) is 0 Å². The minimum Gasteiger partial charge on any atom is -0.357 e. The fourth-order valence-electron chi connectivity index (χ4n) is 1.57. The molecule has 0 spiro atoms. The molecule has 7 nitrogen and oxygen atoms in total. The van der Waals surface area contributed by atoms with E-state index in [1.807, 2.05) is 6.92 Å². The number of hydrogen-bond acceptors (Lipinski definition) is 5. The zero-order chi connectivity index (χ0) is 16.6. The number of nitrogens with zero attached hydrogens (tertiary/aromatic N) is 2. The predicted octanol–water partition coefficient (Wildman–Crippen LogP) is 0.871. The number of guanidine groups is 1. The van der Waals surface area contributed by atoms with E-state index in [9.17, 15) is 8.42 Å². The monoisotopic (exact) mass is 347 g/mol. The largest absolute Gasteiger partial charge is 0.357 e. The first-order valence-corrected chi connectivity index (χ1v) is 10.00. The maximum Gasteiger partial charge on any atom is 0.208 e. The first-order valence-electron chi connectivity index (χ1n) is 7.23. The maximum atomic E-state index is 11.0. The average molecular weight is 348 g/mol. The van der Waals surface area contributed by atoms with Gasteiger partial charge in [0.05, 0.1) is 18.5 Å². The fraction of sp³-hybridized carbons (Fsp3) is 0.692. The molecule has 0 aromatic carbocycles. The van der Waals surface area contributed by atoms with Crippen molar-refractivity contribution in [3.63, 3.8) is 0 Å². The summed E-state index contributed by atoms with van der Waals surface area (Å²) in [5, 5.41) is 9.23. The second-order valence-electron chi connectivity index (χ2n) is 5.11. The van der Waals surface area contributed by atoms with Crippen LogP contribution in [0.5, 0.6) is 0 Å². The number of aliphatic imine (C=N–C) groups is 1. The highest BCUT2D eigenvalue weighted by molar-refractivity contribution is 7.88. The summed E-state index contributed by atoms with van der Waals surface area (Å²) in [5.74, 6) is 1.07. The summed E-state index contributed by atoms with van der Waals surface area (Å²) in [5.41, 5.74) is 1.09. The molecule has 22 heavy (non-hydrogen) atoms. The Kier molecular flexibility index (Phi) is 7.77. The van der Waals surface area contributed by atoms with Gasteiger partial charge in [-0.25, -0.2) is 23.1 Å². The Hall–Kier alpha value is -1.19. The summed E-state index contributed by atoms with van der Waals surface area (Å²) >= 11 is 1.60. The molecule has 1 aromatic rings. The second-order valence-corrected chi connectivity index (χ2v) is 7.88. The smallest absolute Gasteiger partial charge is 0.208 e. The number of nitrogens with one attached hydrogen (secondary N) is 3. The van der Waals surface area contributed by atoms with Gasteiger partial charge in [0, 0.05) is 25.0 Å². The topological polar surface area (TPSA) is 95.5 Å². The summed E-state index contributed by atoms with van der Waals surface area (Å²) in [7, 11) is -3.15. The van der Waals surface area contributed by atoms with Gasteiger partial charge in [-0.15, -0.1) is 11.3 Å². The molecule has 0 aliphatic rings. The summed E-state index contributed by atoms with van der Waals surface area (Å²) in [6.45, 7) is 8.23. The van der Waals surface area contributed by atoms with Crippen molar-refractivity contribution in [3.05, 3.63) is 16.1 Å². The van der Waals surface area contributed by atoms with Crippen molar-refractivity contribution in [2.24, 2.45) is 4.99 Å². The number of hydrogen-bond donors (Lipinski definition) is 3. The van der Waals surface area contributed by atoms with Crippen LogP contribution in [0.4, 0.5) is 0 Å². The quantitative estimate of drug-likeness (QED) is 0.368. The van der Waals surface area contributed by atoms with Crippen LogP contribution in [0.2, 0.25) is 0 Å². The lowest BCUT2D eigenvalue weighted by atomic mass is 10.2. The van der Waals surface area contributed by atoms with Gasteiger partial charge >= 0.3 is 0 Å². The van der Waals surface area contributed by atoms with Crippen molar-refractivity contribution in [1.82, 2.24) is 20.3 Å². The Morgan fingerprint density at radius 1 is 1.36 bits per heavy atom. The highest BCUT2D eigenvalue weighted by Gasteiger charge is 2.06. The van der Waals surface area contributed by atoms with Crippen molar-refractivity contribution in [2.75, 3.05) is 25.9 Å². The molecule has 0 bridgehead atoms. The van der Waals surface area contributed by atoms with E-state index in [0.29, 0.717) is 31.5 Å². The van der Waals surface area contributed by atoms with Gasteiger partial charge in [-0.05, 0) is 12.8 Å². The van der Waals surface area contributed by atoms with Crippen molar-refractivity contribution in [1.29, 1.82) is 0 Å². The first kappa shape index (κ1) is 18.9. The molecule has 9 heteroatoms. The van der Waals surface area contributed by atoms with E-state index in [2.05, 4.69) is 44.6 Å². The van der Waals surface area contributed by atoms with Crippen LogP contribution in [0.1, 0.15) is 37.4 Å². The van der Waals surface area contributed by atoms with Gasteiger partial charge in [-0.1, -0.05) is 13.8 Å². The zero-order valence-corrected chi connectivity index (χ0v) is 15.1. The lowest BCUT2D eigenvalue weighted by Crippen LogP contribution is -2.41. The number of aromatic nitrogens is 1. The Bertz CT molecular complexity index is 581. The van der Waals surface area contributed by atoms with Crippen LogP contribution in [0.25, 0.3) is 0 Å². The second kappa shape index (κ2) is 9.06. The van der Waals surface area contributed by atoms with Crippen LogP contribution in [-0.4, -0.2) is 45.3 Å². The fourth-order valence-corrected chi connectivity index (χ4v) is 2.92. The van der Waals surface area contributed by atoms with E-state index in [4.69, 9.17) is 0 Å². The number of rotatable bonds is 8. The van der Waals surface area contributed by atoms with Crippen molar-refractivity contribution < 1.29 is 8.42 Å². The molecule has 0 aliphatic carbocycles. The van der Waals surface area contributed by atoms with Gasteiger partial charge < -0.3 is 10.6 Å². The molecule has 0 saturated heterocycles. The molecule has 1 aromatic heterocycles. The third-order valence-electron chi connectivity index (χ3n) is 2.66. The molecule has 0 aliphatic heterocycles. The van der Waals surface area contributed by atoms with Gasteiger partial charge in [0.25, 0.3) is 0 Å². The highest BCUT2D eigenvalue weighted by Crippen LogP contribution is 2.18. The molecule has 0 atom stereocenters. The molecule has 3 N–H and O–H groups in total.